The van der Waals surface area contributed by atoms with E-state index in [1.54, 1.807) is 18.5 Å². The molecule has 0 saturated heterocycles. The van der Waals surface area contributed by atoms with Gasteiger partial charge in [-0.05, 0) is 31.6 Å². The number of aromatic nitrogens is 3. The maximum absolute atomic E-state index is 9.61. The Labute approximate surface area is 197 Å². The molecular weight excluding hydrogens is 440 g/mol. The van der Waals surface area contributed by atoms with Crippen LogP contribution in [0.5, 0.6) is 5.75 Å². The Hall–Kier alpha value is -3.31. The van der Waals surface area contributed by atoms with E-state index in [9.17, 15) is 10.2 Å². The molecule has 0 saturated carbocycles. The minimum atomic E-state index is -1.27. The van der Waals surface area contributed by atoms with Crippen molar-refractivity contribution in [2.45, 2.75) is 32.2 Å². The van der Waals surface area contributed by atoms with Crippen LogP contribution in [0.3, 0.4) is 0 Å². The van der Waals surface area contributed by atoms with Crippen LogP contribution in [0.2, 0.25) is 0 Å². The lowest BCUT2D eigenvalue weighted by Gasteiger charge is -2.24. The SMILES string of the molecule is CC(C)(CO)Nc1nc(=S)c(/C(N)=C/C(N)O)c(-c2cncc(OCc3ccccc3)c2)[nH]1. The Balaban J connectivity index is 2.05. The molecule has 174 valence electrons. The molecule has 2 heterocycles. The van der Waals surface area contributed by atoms with Gasteiger partial charge in [-0.15, -0.1) is 0 Å². The Morgan fingerprint density at radius 1 is 1.30 bits per heavy atom. The van der Waals surface area contributed by atoms with Crippen LogP contribution in [0.25, 0.3) is 17.0 Å². The second-order valence-corrected chi connectivity index (χ2v) is 8.49. The first kappa shape index (κ1) is 24.3. The summed E-state index contributed by atoms with van der Waals surface area (Å²) in [6, 6.07) is 11.6. The third-order valence-corrected chi connectivity index (χ3v) is 4.96. The minimum Gasteiger partial charge on any atom is -0.487 e. The zero-order valence-electron chi connectivity index (χ0n) is 18.4. The number of hydrogen-bond acceptors (Lipinski definition) is 9. The van der Waals surface area contributed by atoms with Crippen molar-refractivity contribution in [2.24, 2.45) is 11.5 Å². The lowest BCUT2D eigenvalue weighted by molar-refractivity contribution is 0.232. The van der Waals surface area contributed by atoms with Crippen molar-refractivity contribution >= 4 is 23.9 Å². The van der Waals surface area contributed by atoms with Crippen LogP contribution in [0.1, 0.15) is 25.0 Å². The maximum Gasteiger partial charge on any atom is 0.202 e. The summed E-state index contributed by atoms with van der Waals surface area (Å²) in [6.45, 7) is 3.89. The minimum absolute atomic E-state index is 0.127. The summed E-state index contributed by atoms with van der Waals surface area (Å²) < 4.78 is 6.09. The molecular formula is C23H28N6O3S. The molecule has 0 radical (unpaired) electrons. The molecule has 0 aliphatic carbocycles. The van der Waals surface area contributed by atoms with Crippen molar-refractivity contribution in [3.63, 3.8) is 0 Å². The molecule has 3 aromatic rings. The molecule has 33 heavy (non-hydrogen) atoms. The number of nitrogens with zero attached hydrogens (tertiary/aromatic N) is 2. The van der Waals surface area contributed by atoms with Crippen LogP contribution < -0.4 is 21.5 Å². The van der Waals surface area contributed by atoms with Gasteiger partial charge in [-0.1, -0.05) is 42.5 Å². The molecule has 9 nitrogen and oxygen atoms in total. The standard InChI is InChI=1S/C23H28N6O3S/c1-23(2,13-30)29-22-27-20(19(21(33)28-22)17(24)9-18(25)31)15-8-16(11-26-10-15)32-12-14-6-4-3-5-7-14/h3-11,18,30-31H,12-13,24-25H2,1-2H3,(H2,27,28,29,33)/b17-9-. The van der Waals surface area contributed by atoms with Gasteiger partial charge in [0.1, 0.15) is 23.2 Å². The predicted molar refractivity (Wildman–Crippen MR) is 131 cm³/mol. The highest BCUT2D eigenvalue weighted by molar-refractivity contribution is 7.71. The number of aliphatic hydroxyl groups excluding tert-OH is 2. The normalized spacial score (nSPS) is 12.9. The van der Waals surface area contributed by atoms with Gasteiger partial charge in [-0.25, -0.2) is 4.98 Å². The topological polar surface area (TPSA) is 155 Å². The van der Waals surface area contributed by atoms with Crippen LogP contribution in [-0.4, -0.2) is 43.5 Å². The van der Waals surface area contributed by atoms with Gasteiger partial charge in [-0.3, -0.25) is 4.98 Å². The molecule has 8 N–H and O–H groups in total. The number of pyridine rings is 1. The fourth-order valence-corrected chi connectivity index (χ4v) is 3.33. The number of anilines is 1. The number of nitrogens with two attached hydrogens (primary N) is 2. The van der Waals surface area contributed by atoms with Crippen LogP contribution in [0.4, 0.5) is 5.95 Å². The summed E-state index contributed by atoms with van der Waals surface area (Å²) in [5.74, 6) is 0.888. The molecule has 0 bridgehead atoms. The number of benzene rings is 1. The third-order valence-electron chi connectivity index (χ3n) is 4.66. The lowest BCUT2D eigenvalue weighted by atomic mass is 10.1. The molecule has 0 aliphatic heterocycles. The average molecular weight is 469 g/mol. The fourth-order valence-electron chi connectivity index (χ4n) is 3.02. The Morgan fingerprint density at radius 2 is 2.03 bits per heavy atom. The largest absolute Gasteiger partial charge is 0.487 e. The molecule has 2 aromatic heterocycles. The monoisotopic (exact) mass is 468 g/mol. The van der Waals surface area contributed by atoms with E-state index < -0.39 is 11.8 Å². The third kappa shape index (κ3) is 6.59. The first-order chi connectivity index (χ1) is 15.7. The first-order valence-corrected chi connectivity index (χ1v) is 10.7. The number of aliphatic hydroxyl groups is 2. The van der Waals surface area contributed by atoms with Gasteiger partial charge in [-0.2, -0.15) is 0 Å². The highest BCUT2D eigenvalue weighted by Gasteiger charge is 2.20. The number of hydrogen-bond donors (Lipinski definition) is 6. The summed E-state index contributed by atoms with van der Waals surface area (Å²) in [5.41, 5.74) is 13.7. The molecule has 0 aliphatic rings. The van der Waals surface area contributed by atoms with Gasteiger partial charge in [0, 0.05) is 17.5 Å². The molecule has 1 unspecified atom stereocenters. The van der Waals surface area contributed by atoms with Crippen molar-refractivity contribution in [3.05, 3.63) is 70.6 Å². The molecule has 1 atom stereocenters. The number of nitrogens with one attached hydrogen (secondary N) is 2. The molecule has 0 fully saturated rings. The van der Waals surface area contributed by atoms with Gasteiger partial charge in [0.15, 0.2) is 0 Å². The fraction of sp³-hybridized carbons (Fsp3) is 0.261. The van der Waals surface area contributed by atoms with Crippen molar-refractivity contribution in [1.82, 2.24) is 15.0 Å². The van der Waals surface area contributed by atoms with E-state index in [0.29, 0.717) is 35.1 Å². The van der Waals surface area contributed by atoms with E-state index in [1.165, 1.54) is 6.08 Å². The maximum atomic E-state index is 9.61. The highest BCUT2D eigenvalue weighted by Crippen LogP contribution is 2.29. The van der Waals surface area contributed by atoms with E-state index in [4.69, 9.17) is 28.4 Å². The second-order valence-electron chi connectivity index (χ2n) is 8.10. The van der Waals surface area contributed by atoms with E-state index >= 15 is 0 Å². The van der Waals surface area contributed by atoms with E-state index in [-0.39, 0.29) is 16.9 Å². The zero-order valence-corrected chi connectivity index (χ0v) is 19.3. The summed E-state index contributed by atoms with van der Waals surface area (Å²) in [5, 5.41) is 22.3. The molecule has 1 aromatic carbocycles. The Bertz CT molecular complexity index is 1180. The van der Waals surface area contributed by atoms with E-state index in [2.05, 4.69) is 20.3 Å². The molecule has 0 amide bonds. The molecule has 10 heteroatoms. The van der Waals surface area contributed by atoms with E-state index in [1.807, 2.05) is 44.2 Å². The lowest BCUT2D eigenvalue weighted by Crippen LogP contribution is -2.35. The summed E-state index contributed by atoms with van der Waals surface area (Å²) in [6.07, 6.45) is 3.25. The van der Waals surface area contributed by atoms with Gasteiger partial charge in [0.25, 0.3) is 0 Å². The number of H-pyrrole nitrogens is 1. The highest BCUT2D eigenvalue weighted by atomic mass is 32.1. The van der Waals surface area contributed by atoms with Crippen LogP contribution in [-0.2, 0) is 6.61 Å². The van der Waals surface area contributed by atoms with Gasteiger partial charge in [0.05, 0.1) is 29.6 Å². The van der Waals surface area contributed by atoms with Gasteiger partial charge >= 0.3 is 0 Å². The molecule has 3 rings (SSSR count). The van der Waals surface area contributed by atoms with Crippen LogP contribution >= 0.6 is 12.2 Å². The smallest absolute Gasteiger partial charge is 0.202 e. The number of rotatable bonds is 9. The van der Waals surface area contributed by atoms with E-state index in [0.717, 1.165) is 5.56 Å². The van der Waals surface area contributed by atoms with Gasteiger partial charge in [0.2, 0.25) is 5.95 Å². The summed E-state index contributed by atoms with van der Waals surface area (Å²) >= 11 is 5.50. The van der Waals surface area contributed by atoms with Crippen molar-refractivity contribution in [3.8, 4) is 17.0 Å². The number of aromatic amines is 1. The van der Waals surface area contributed by atoms with Crippen LogP contribution in [0, 0.1) is 4.64 Å². The van der Waals surface area contributed by atoms with Crippen LogP contribution in [0.15, 0.2) is 54.9 Å². The summed E-state index contributed by atoms with van der Waals surface area (Å²) in [4.78, 5) is 11.8. The van der Waals surface area contributed by atoms with Crippen molar-refractivity contribution in [2.75, 3.05) is 11.9 Å². The average Bonchev–Trinajstić information content (AvgIpc) is 2.77. The summed E-state index contributed by atoms with van der Waals surface area (Å²) in [7, 11) is 0. The number of ether oxygens (including phenoxy) is 1. The predicted octanol–water partition coefficient (Wildman–Crippen LogP) is 2.54. The first-order valence-electron chi connectivity index (χ1n) is 10.3. The van der Waals surface area contributed by atoms with Crippen molar-refractivity contribution < 1.29 is 14.9 Å². The molecule has 0 spiro atoms. The zero-order chi connectivity index (χ0) is 24.0. The Kier molecular flexibility index (Phi) is 7.77. The van der Waals surface area contributed by atoms with Crippen molar-refractivity contribution in [1.29, 1.82) is 0 Å². The Morgan fingerprint density at radius 3 is 2.70 bits per heavy atom. The quantitative estimate of drug-likeness (QED) is 0.205. The second kappa shape index (κ2) is 10.5. The van der Waals surface area contributed by atoms with Gasteiger partial charge < -0.3 is 36.7 Å².